The second kappa shape index (κ2) is 3.49. The van der Waals surface area contributed by atoms with Crippen LogP contribution in [-0.4, -0.2) is 26.1 Å². The van der Waals surface area contributed by atoms with Gasteiger partial charge in [-0.3, -0.25) is 14.9 Å². The number of carbonyl (C=O) groups is 1. The first-order valence-electron chi connectivity index (χ1n) is 4.30. The number of nitrogens with one attached hydrogen (secondary N) is 1. The number of nitrogens with two attached hydrogens (primary N) is 1. The van der Waals surface area contributed by atoms with Crippen molar-refractivity contribution in [1.82, 2.24) is 20.2 Å². The molecule has 0 bridgehead atoms. The molecular formula is C9H9N5O. The van der Waals surface area contributed by atoms with E-state index in [1.165, 1.54) is 6.20 Å². The molecule has 0 unspecified atom stereocenters. The molecule has 15 heavy (non-hydrogen) atoms. The third-order valence-corrected chi connectivity index (χ3v) is 1.92. The number of aromatic nitrogens is 4. The molecule has 2 aromatic rings. The Hall–Kier alpha value is -2.24. The van der Waals surface area contributed by atoms with Crippen molar-refractivity contribution in [2.45, 2.75) is 6.92 Å². The van der Waals surface area contributed by atoms with Gasteiger partial charge in [-0.15, -0.1) is 0 Å². The van der Waals surface area contributed by atoms with Crippen molar-refractivity contribution >= 4 is 5.91 Å². The highest BCUT2D eigenvalue weighted by molar-refractivity contribution is 5.97. The molecule has 0 spiro atoms. The summed E-state index contributed by atoms with van der Waals surface area (Å²) in [7, 11) is 0. The minimum atomic E-state index is -0.564. The van der Waals surface area contributed by atoms with Gasteiger partial charge in [0.1, 0.15) is 5.69 Å². The highest BCUT2D eigenvalue weighted by atomic mass is 16.1. The lowest BCUT2D eigenvalue weighted by Crippen LogP contribution is -2.12. The van der Waals surface area contributed by atoms with Crippen LogP contribution >= 0.6 is 0 Å². The van der Waals surface area contributed by atoms with E-state index in [1.807, 2.05) is 6.92 Å². The lowest BCUT2D eigenvalue weighted by Gasteiger charge is -1.99. The zero-order valence-electron chi connectivity index (χ0n) is 8.06. The second-order valence-electron chi connectivity index (χ2n) is 3.07. The molecule has 76 valence electrons. The monoisotopic (exact) mass is 203 g/mol. The molecule has 0 saturated heterocycles. The Labute approximate surface area is 85.6 Å². The molecule has 0 saturated carbocycles. The average molecular weight is 203 g/mol. The molecule has 0 aromatic carbocycles. The van der Waals surface area contributed by atoms with Crippen molar-refractivity contribution in [3.63, 3.8) is 0 Å². The van der Waals surface area contributed by atoms with Gasteiger partial charge >= 0.3 is 0 Å². The highest BCUT2D eigenvalue weighted by Gasteiger charge is 2.13. The quantitative estimate of drug-likeness (QED) is 0.732. The molecule has 2 rings (SSSR count). The Morgan fingerprint density at radius 1 is 1.40 bits per heavy atom. The average Bonchev–Trinajstić information content (AvgIpc) is 2.65. The molecule has 2 heterocycles. The zero-order chi connectivity index (χ0) is 10.8. The lowest BCUT2D eigenvalue weighted by atomic mass is 10.2. The van der Waals surface area contributed by atoms with Crippen LogP contribution in [0.1, 0.15) is 16.2 Å². The molecule has 0 aliphatic carbocycles. The van der Waals surface area contributed by atoms with E-state index in [-0.39, 0.29) is 5.69 Å². The van der Waals surface area contributed by atoms with Gasteiger partial charge in [-0.2, -0.15) is 5.10 Å². The number of rotatable bonds is 2. The minimum Gasteiger partial charge on any atom is -0.364 e. The molecule has 3 N–H and O–H groups in total. The van der Waals surface area contributed by atoms with E-state index >= 15 is 0 Å². The van der Waals surface area contributed by atoms with Crippen LogP contribution in [0, 0.1) is 6.92 Å². The molecule has 2 aromatic heterocycles. The molecule has 0 aliphatic heterocycles. The molecule has 6 heteroatoms. The number of H-pyrrole nitrogens is 1. The fourth-order valence-corrected chi connectivity index (χ4v) is 1.26. The van der Waals surface area contributed by atoms with Crippen LogP contribution in [0.4, 0.5) is 0 Å². The van der Waals surface area contributed by atoms with Crippen LogP contribution < -0.4 is 5.73 Å². The Bertz CT molecular complexity index is 505. The number of aromatic amines is 1. The topological polar surface area (TPSA) is 97.5 Å². The third kappa shape index (κ3) is 1.69. The summed E-state index contributed by atoms with van der Waals surface area (Å²) in [5.74, 6) is -0.564. The van der Waals surface area contributed by atoms with Gasteiger partial charge in [0.25, 0.3) is 5.91 Å². The predicted molar refractivity (Wildman–Crippen MR) is 52.9 cm³/mol. The first-order valence-corrected chi connectivity index (χ1v) is 4.30. The summed E-state index contributed by atoms with van der Waals surface area (Å²) >= 11 is 0. The Kier molecular flexibility index (Phi) is 2.17. The summed E-state index contributed by atoms with van der Waals surface area (Å²) in [5.41, 5.74) is 7.34. The normalized spacial score (nSPS) is 10.2. The molecule has 0 fully saturated rings. The lowest BCUT2D eigenvalue weighted by molar-refractivity contribution is 0.0996. The van der Waals surface area contributed by atoms with Crippen molar-refractivity contribution < 1.29 is 4.79 Å². The summed E-state index contributed by atoms with van der Waals surface area (Å²) in [4.78, 5) is 19.3. The first-order chi connectivity index (χ1) is 7.18. The summed E-state index contributed by atoms with van der Waals surface area (Å²) in [6.07, 6.45) is 4.70. The number of hydrogen-bond acceptors (Lipinski definition) is 4. The first kappa shape index (κ1) is 9.32. The van der Waals surface area contributed by atoms with Gasteiger partial charge in [0.2, 0.25) is 0 Å². The summed E-state index contributed by atoms with van der Waals surface area (Å²) in [5, 5.41) is 6.29. The highest BCUT2D eigenvalue weighted by Crippen LogP contribution is 2.18. The number of amides is 1. The molecule has 0 aliphatic rings. The minimum absolute atomic E-state index is 0.245. The maximum Gasteiger partial charge on any atom is 0.267 e. The number of nitrogens with zero attached hydrogens (tertiary/aromatic N) is 3. The van der Waals surface area contributed by atoms with Crippen LogP contribution in [0.2, 0.25) is 0 Å². The maximum absolute atomic E-state index is 11.0. The van der Waals surface area contributed by atoms with E-state index in [0.29, 0.717) is 11.3 Å². The SMILES string of the molecule is Cc1cncc(-c2cn[nH]c2C(N)=O)n1. The Morgan fingerprint density at radius 2 is 2.20 bits per heavy atom. The molecule has 1 amide bonds. The number of hydrogen-bond donors (Lipinski definition) is 2. The Morgan fingerprint density at radius 3 is 2.87 bits per heavy atom. The van der Waals surface area contributed by atoms with Gasteiger partial charge in [-0.1, -0.05) is 0 Å². The van der Waals surface area contributed by atoms with Crippen LogP contribution in [-0.2, 0) is 0 Å². The number of carbonyl (C=O) groups excluding carboxylic acids is 1. The molecule has 6 nitrogen and oxygen atoms in total. The van der Waals surface area contributed by atoms with Gasteiger partial charge in [-0.05, 0) is 6.92 Å². The van der Waals surface area contributed by atoms with Crippen LogP contribution in [0.5, 0.6) is 0 Å². The number of aryl methyl sites for hydroxylation is 1. The van der Waals surface area contributed by atoms with E-state index in [4.69, 9.17) is 5.73 Å². The smallest absolute Gasteiger partial charge is 0.267 e. The van der Waals surface area contributed by atoms with E-state index in [2.05, 4.69) is 20.2 Å². The largest absolute Gasteiger partial charge is 0.364 e. The number of primary amides is 1. The van der Waals surface area contributed by atoms with Crippen LogP contribution in [0.25, 0.3) is 11.3 Å². The van der Waals surface area contributed by atoms with E-state index < -0.39 is 5.91 Å². The van der Waals surface area contributed by atoms with Crippen molar-refractivity contribution in [2.75, 3.05) is 0 Å². The van der Waals surface area contributed by atoms with Gasteiger partial charge in [0.05, 0.1) is 29.3 Å². The van der Waals surface area contributed by atoms with Crippen LogP contribution in [0.3, 0.4) is 0 Å². The zero-order valence-corrected chi connectivity index (χ0v) is 8.06. The van der Waals surface area contributed by atoms with Gasteiger partial charge < -0.3 is 5.73 Å². The molecule has 0 atom stereocenters. The van der Waals surface area contributed by atoms with Crippen molar-refractivity contribution in [2.24, 2.45) is 5.73 Å². The van der Waals surface area contributed by atoms with Crippen molar-refractivity contribution in [1.29, 1.82) is 0 Å². The van der Waals surface area contributed by atoms with Crippen molar-refractivity contribution in [3.8, 4) is 11.3 Å². The van der Waals surface area contributed by atoms with Gasteiger partial charge in [-0.25, -0.2) is 4.98 Å². The van der Waals surface area contributed by atoms with E-state index in [0.717, 1.165) is 5.69 Å². The predicted octanol–water partition coefficient (Wildman–Crippen LogP) is 0.274. The fourth-order valence-electron chi connectivity index (χ4n) is 1.26. The summed E-state index contributed by atoms with van der Waals surface area (Å²) in [6.45, 7) is 1.82. The fraction of sp³-hybridized carbons (Fsp3) is 0.111. The summed E-state index contributed by atoms with van der Waals surface area (Å²) < 4.78 is 0. The summed E-state index contributed by atoms with van der Waals surface area (Å²) in [6, 6.07) is 0. The molecular weight excluding hydrogens is 194 g/mol. The standard InChI is InChI=1S/C9H9N5O/c1-5-2-11-4-7(13-5)6-3-12-14-8(6)9(10)15/h2-4H,1H3,(H2,10,15)(H,12,14). The van der Waals surface area contributed by atoms with E-state index in [1.54, 1.807) is 12.4 Å². The van der Waals surface area contributed by atoms with Crippen molar-refractivity contribution in [3.05, 3.63) is 30.0 Å². The molecule has 0 radical (unpaired) electrons. The van der Waals surface area contributed by atoms with Crippen LogP contribution in [0.15, 0.2) is 18.6 Å². The maximum atomic E-state index is 11.0. The Balaban J connectivity index is 2.54. The van der Waals surface area contributed by atoms with Gasteiger partial charge in [0.15, 0.2) is 0 Å². The van der Waals surface area contributed by atoms with Gasteiger partial charge in [0, 0.05) is 6.20 Å². The second-order valence-corrected chi connectivity index (χ2v) is 3.07. The third-order valence-electron chi connectivity index (χ3n) is 1.92. The van der Waals surface area contributed by atoms with E-state index in [9.17, 15) is 4.79 Å².